The third kappa shape index (κ3) is 4.52. The summed E-state index contributed by atoms with van der Waals surface area (Å²) in [4.78, 5) is 20.3. The summed E-state index contributed by atoms with van der Waals surface area (Å²) in [6.45, 7) is 1.90. The fourth-order valence-electron chi connectivity index (χ4n) is 3.12. The number of hydrogen-bond donors (Lipinski definition) is 1. The molecule has 0 unspecified atom stereocenters. The Bertz CT molecular complexity index is 924. The van der Waals surface area contributed by atoms with Crippen LogP contribution in [0.5, 0.6) is 0 Å². The van der Waals surface area contributed by atoms with Crippen molar-refractivity contribution in [3.63, 3.8) is 0 Å². The molecule has 2 aromatic rings. The lowest BCUT2D eigenvalue weighted by molar-refractivity contribution is 0.0234. The number of sulfonamides is 1. The lowest BCUT2D eigenvalue weighted by Gasteiger charge is -2.22. The fraction of sp³-hybridized carbons (Fsp3) is 0.350. The summed E-state index contributed by atoms with van der Waals surface area (Å²) in [7, 11) is -0.713. The van der Waals surface area contributed by atoms with E-state index in [4.69, 9.17) is 4.84 Å². The van der Waals surface area contributed by atoms with Gasteiger partial charge in [-0.2, -0.15) is 0 Å². The molecule has 7 nitrogen and oxygen atoms in total. The molecule has 1 fully saturated rings. The molecule has 28 heavy (non-hydrogen) atoms. The first kappa shape index (κ1) is 20.3. The van der Waals surface area contributed by atoms with Crippen LogP contribution in [0.15, 0.2) is 53.4 Å². The van der Waals surface area contributed by atoms with Crippen molar-refractivity contribution in [1.29, 1.82) is 0 Å². The van der Waals surface area contributed by atoms with Gasteiger partial charge in [0, 0.05) is 32.9 Å². The molecule has 1 N–H and O–H groups in total. The Hall–Kier alpha value is -2.42. The molecule has 0 radical (unpaired) electrons. The van der Waals surface area contributed by atoms with E-state index < -0.39 is 15.9 Å². The normalized spacial score (nSPS) is 14.5. The summed E-state index contributed by atoms with van der Waals surface area (Å²) in [6.07, 6.45) is 2.09. The standard InChI is InChI=1S/C20H25N3O4S/c1-22(2)28(25,26)17-10-11-19(23-12-6-7-13-23)18(14-17)20(24)21-27-15-16-8-4-3-5-9-16/h3-5,8-11,14H,6-7,12-13,15H2,1-2H3,(H,21,24). The Morgan fingerprint density at radius 2 is 1.79 bits per heavy atom. The Morgan fingerprint density at radius 1 is 1.11 bits per heavy atom. The van der Waals surface area contributed by atoms with Crippen LogP contribution in [0, 0.1) is 0 Å². The molecule has 3 rings (SSSR count). The van der Waals surface area contributed by atoms with Crippen LogP contribution in [0.1, 0.15) is 28.8 Å². The van der Waals surface area contributed by atoms with Gasteiger partial charge in [0.25, 0.3) is 5.91 Å². The highest BCUT2D eigenvalue weighted by molar-refractivity contribution is 7.89. The van der Waals surface area contributed by atoms with Crippen LogP contribution in [-0.4, -0.2) is 45.8 Å². The third-order valence-electron chi connectivity index (χ3n) is 4.68. The van der Waals surface area contributed by atoms with E-state index in [1.807, 2.05) is 30.3 Å². The highest BCUT2D eigenvalue weighted by Crippen LogP contribution is 2.28. The van der Waals surface area contributed by atoms with Crippen molar-refractivity contribution >= 4 is 21.6 Å². The molecule has 2 aromatic carbocycles. The summed E-state index contributed by atoms with van der Waals surface area (Å²) in [5.41, 5.74) is 4.38. The van der Waals surface area contributed by atoms with Crippen LogP contribution < -0.4 is 10.4 Å². The van der Waals surface area contributed by atoms with Crippen molar-refractivity contribution in [1.82, 2.24) is 9.79 Å². The number of anilines is 1. The van der Waals surface area contributed by atoms with Crippen molar-refractivity contribution in [2.45, 2.75) is 24.3 Å². The molecule has 1 amide bonds. The van der Waals surface area contributed by atoms with E-state index >= 15 is 0 Å². The smallest absolute Gasteiger partial charge is 0.276 e. The Balaban J connectivity index is 1.83. The van der Waals surface area contributed by atoms with Crippen LogP contribution in [0.25, 0.3) is 0 Å². The van der Waals surface area contributed by atoms with Crippen LogP contribution in [0.4, 0.5) is 5.69 Å². The molecule has 0 saturated carbocycles. The Labute approximate surface area is 165 Å². The number of nitrogens with one attached hydrogen (secondary N) is 1. The predicted octanol–water partition coefficient (Wildman–Crippen LogP) is 2.40. The molecule has 0 aliphatic carbocycles. The van der Waals surface area contributed by atoms with Gasteiger partial charge in [0.15, 0.2) is 0 Å². The van der Waals surface area contributed by atoms with Gasteiger partial charge in [-0.05, 0) is 36.6 Å². The van der Waals surface area contributed by atoms with E-state index in [-0.39, 0.29) is 17.1 Å². The Morgan fingerprint density at radius 3 is 2.43 bits per heavy atom. The zero-order valence-corrected chi connectivity index (χ0v) is 16.9. The molecule has 1 aliphatic heterocycles. The summed E-state index contributed by atoms with van der Waals surface area (Å²) in [5.74, 6) is -0.464. The molecule has 1 aliphatic rings. The maximum Gasteiger partial charge on any atom is 0.276 e. The van der Waals surface area contributed by atoms with Gasteiger partial charge < -0.3 is 4.90 Å². The zero-order chi connectivity index (χ0) is 20.1. The molecule has 1 heterocycles. The van der Waals surface area contributed by atoms with E-state index in [0.29, 0.717) is 0 Å². The van der Waals surface area contributed by atoms with Crippen molar-refractivity contribution in [3.05, 3.63) is 59.7 Å². The summed E-state index contributed by atoms with van der Waals surface area (Å²) in [5, 5.41) is 0. The van der Waals surface area contributed by atoms with Crippen LogP contribution in [0.2, 0.25) is 0 Å². The van der Waals surface area contributed by atoms with Gasteiger partial charge in [-0.3, -0.25) is 9.63 Å². The predicted molar refractivity (Wildman–Crippen MR) is 107 cm³/mol. The maximum absolute atomic E-state index is 12.8. The first-order valence-electron chi connectivity index (χ1n) is 9.17. The number of rotatable bonds is 7. The second-order valence-corrected chi connectivity index (χ2v) is 9.02. The molecule has 8 heteroatoms. The second kappa shape index (κ2) is 8.72. The minimum absolute atomic E-state index is 0.0775. The van der Waals surface area contributed by atoms with Crippen LogP contribution >= 0.6 is 0 Å². The molecule has 1 saturated heterocycles. The first-order chi connectivity index (χ1) is 13.4. The molecule has 150 valence electrons. The monoisotopic (exact) mass is 403 g/mol. The van der Waals surface area contributed by atoms with Gasteiger partial charge in [-0.15, -0.1) is 0 Å². The van der Waals surface area contributed by atoms with Gasteiger partial charge in [-0.1, -0.05) is 30.3 Å². The van der Waals surface area contributed by atoms with E-state index in [2.05, 4.69) is 10.4 Å². The summed E-state index contributed by atoms with van der Waals surface area (Å²) in [6, 6.07) is 14.1. The van der Waals surface area contributed by atoms with E-state index in [9.17, 15) is 13.2 Å². The molecule has 0 aromatic heterocycles. The van der Waals surface area contributed by atoms with E-state index in [1.165, 1.54) is 20.2 Å². The lowest BCUT2D eigenvalue weighted by atomic mass is 10.1. The highest BCUT2D eigenvalue weighted by atomic mass is 32.2. The number of nitrogens with zero attached hydrogens (tertiary/aromatic N) is 2. The average Bonchev–Trinajstić information content (AvgIpc) is 3.22. The van der Waals surface area contributed by atoms with Gasteiger partial charge in [0.05, 0.1) is 17.1 Å². The van der Waals surface area contributed by atoms with Crippen molar-refractivity contribution in [3.8, 4) is 0 Å². The van der Waals surface area contributed by atoms with Crippen molar-refractivity contribution in [2.75, 3.05) is 32.1 Å². The highest BCUT2D eigenvalue weighted by Gasteiger charge is 2.24. The summed E-state index contributed by atoms with van der Waals surface area (Å²) >= 11 is 0. The third-order valence-corrected chi connectivity index (χ3v) is 6.50. The number of carbonyl (C=O) groups excluding carboxylic acids is 1. The lowest BCUT2D eigenvalue weighted by Crippen LogP contribution is -2.29. The van der Waals surface area contributed by atoms with E-state index in [1.54, 1.807) is 12.1 Å². The molecular weight excluding hydrogens is 378 g/mol. The second-order valence-electron chi connectivity index (χ2n) is 6.87. The fourth-order valence-corrected chi connectivity index (χ4v) is 4.04. The largest absolute Gasteiger partial charge is 0.371 e. The van der Waals surface area contributed by atoms with Crippen molar-refractivity contribution < 1.29 is 18.0 Å². The first-order valence-corrected chi connectivity index (χ1v) is 10.6. The number of carbonyl (C=O) groups is 1. The Kier molecular flexibility index (Phi) is 6.33. The minimum atomic E-state index is -3.64. The number of benzene rings is 2. The maximum atomic E-state index is 12.8. The number of hydroxylamine groups is 1. The quantitative estimate of drug-likeness (QED) is 0.718. The van der Waals surface area contributed by atoms with Gasteiger partial charge in [0.1, 0.15) is 0 Å². The molecule has 0 atom stereocenters. The number of hydrogen-bond acceptors (Lipinski definition) is 5. The molecule has 0 bridgehead atoms. The minimum Gasteiger partial charge on any atom is -0.371 e. The zero-order valence-electron chi connectivity index (χ0n) is 16.1. The van der Waals surface area contributed by atoms with Gasteiger partial charge in [-0.25, -0.2) is 18.2 Å². The van der Waals surface area contributed by atoms with Crippen LogP contribution in [0.3, 0.4) is 0 Å². The number of amides is 1. The van der Waals surface area contributed by atoms with Crippen LogP contribution in [-0.2, 0) is 21.5 Å². The molecule has 0 spiro atoms. The van der Waals surface area contributed by atoms with E-state index in [0.717, 1.165) is 41.5 Å². The SMILES string of the molecule is CN(C)S(=O)(=O)c1ccc(N2CCCC2)c(C(=O)NOCc2ccccc2)c1. The topological polar surface area (TPSA) is 79.0 Å². The van der Waals surface area contributed by atoms with Crippen molar-refractivity contribution in [2.24, 2.45) is 0 Å². The molecular formula is C20H25N3O4S. The summed E-state index contributed by atoms with van der Waals surface area (Å²) < 4.78 is 26.1. The van der Waals surface area contributed by atoms with Gasteiger partial charge in [0.2, 0.25) is 10.0 Å². The average molecular weight is 404 g/mol. The van der Waals surface area contributed by atoms with Gasteiger partial charge >= 0.3 is 0 Å².